The molecule has 0 saturated carbocycles. The highest BCUT2D eigenvalue weighted by atomic mass is 35.5. The van der Waals surface area contributed by atoms with Crippen molar-refractivity contribution in [1.82, 2.24) is 9.88 Å². The lowest BCUT2D eigenvalue weighted by Crippen LogP contribution is -2.48. The molecule has 0 bridgehead atoms. The van der Waals surface area contributed by atoms with E-state index in [1.807, 2.05) is 0 Å². The van der Waals surface area contributed by atoms with Gasteiger partial charge in [-0.3, -0.25) is 9.59 Å². The van der Waals surface area contributed by atoms with Crippen LogP contribution in [0.25, 0.3) is 0 Å². The first-order valence-electron chi connectivity index (χ1n) is 8.33. The van der Waals surface area contributed by atoms with Crippen LogP contribution in [0.2, 0.25) is 5.02 Å². The van der Waals surface area contributed by atoms with E-state index in [2.05, 4.69) is 24.1 Å². The summed E-state index contributed by atoms with van der Waals surface area (Å²) < 4.78 is 0. The van der Waals surface area contributed by atoms with Crippen molar-refractivity contribution in [2.75, 3.05) is 18.4 Å². The number of likely N-dealkylation sites (tertiary alicyclic amines) is 1. The number of nitrogens with two attached hydrogens (primary N) is 1. The number of carbonyl (C=O) groups is 2. The van der Waals surface area contributed by atoms with Gasteiger partial charge in [0.25, 0.3) is 0 Å². The molecule has 3 N–H and O–H groups in total. The van der Waals surface area contributed by atoms with E-state index in [9.17, 15) is 9.59 Å². The van der Waals surface area contributed by atoms with Gasteiger partial charge in [-0.25, -0.2) is 4.98 Å². The highest BCUT2D eigenvalue weighted by Crippen LogP contribution is 2.20. The van der Waals surface area contributed by atoms with E-state index < -0.39 is 6.04 Å². The molecule has 2 amide bonds. The maximum absolute atomic E-state index is 12.3. The zero-order chi connectivity index (χ0) is 17.7. The second-order valence-electron chi connectivity index (χ2n) is 6.69. The predicted octanol–water partition coefficient (Wildman–Crippen LogP) is 2.29. The third-order valence-corrected chi connectivity index (χ3v) is 4.42. The largest absolute Gasteiger partial charge is 0.341 e. The van der Waals surface area contributed by atoms with Crippen LogP contribution in [0.3, 0.4) is 0 Å². The fourth-order valence-electron chi connectivity index (χ4n) is 2.88. The molecule has 1 fully saturated rings. The van der Waals surface area contributed by atoms with Crippen LogP contribution in [0.1, 0.15) is 33.1 Å². The van der Waals surface area contributed by atoms with E-state index in [0.29, 0.717) is 49.1 Å². The van der Waals surface area contributed by atoms with Crippen LogP contribution in [-0.2, 0) is 9.59 Å². The summed E-state index contributed by atoms with van der Waals surface area (Å²) in [4.78, 5) is 30.4. The molecule has 0 aromatic carbocycles. The maximum Gasteiger partial charge on any atom is 0.239 e. The Labute approximate surface area is 147 Å². The fraction of sp³-hybridized carbons (Fsp3) is 0.588. The number of nitrogens with one attached hydrogen (secondary N) is 1. The predicted molar refractivity (Wildman–Crippen MR) is 94.6 cm³/mol. The second kappa shape index (κ2) is 8.44. The molecule has 24 heavy (non-hydrogen) atoms. The monoisotopic (exact) mass is 352 g/mol. The maximum atomic E-state index is 12.3. The minimum atomic E-state index is -0.450. The molecule has 132 valence electrons. The highest BCUT2D eigenvalue weighted by Gasteiger charge is 2.29. The van der Waals surface area contributed by atoms with Crippen LogP contribution in [0.15, 0.2) is 18.3 Å². The number of hydrogen-bond donors (Lipinski definition) is 2. The summed E-state index contributed by atoms with van der Waals surface area (Å²) in [7, 11) is 0. The number of amides is 2. The van der Waals surface area contributed by atoms with E-state index in [1.165, 1.54) is 6.20 Å². The van der Waals surface area contributed by atoms with Crippen LogP contribution in [0.4, 0.5) is 5.82 Å². The van der Waals surface area contributed by atoms with Gasteiger partial charge < -0.3 is 16.0 Å². The van der Waals surface area contributed by atoms with Crippen molar-refractivity contribution in [3.8, 4) is 0 Å². The standard InChI is InChI=1S/C17H25ClN4O2/c1-11(2)9-14(19)17(24)22-7-5-12(6-8-22)16(23)21-15-4-3-13(18)10-20-15/h3-4,10-12,14H,5-9,19H2,1-2H3,(H,20,21,23)/t14-/m0/s1. The first-order chi connectivity index (χ1) is 11.4. The Morgan fingerprint density at radius 2 is 2.04 bits per heavy atom. The zero-order valence-corrected chi connectivity index (χ0v) is 14.9. The number of hydrogen-bond acceptors (Lipinski definition) is 4. The molecule has 1 aromatic heterocycles. The Hall–Kier alpha value is -1.66. The van der Waals surface area contributed by atoms with E-state index >= 15 is 0 Å². The van der Waals surface area contributed by atoms with E-state index in [4.69, 9.17) is 17.3 Å². The number of carbonyl (C=O) groups excluding carboxylic acids is 2. The minimum absolute atomic E-state index is 0.0121. The molecular formula is C17H25ClN4O2. The molecule has 0 unspecified atom stereocenters. The molecule has 0 spiro atoms. The SMILES string of the molecule is CC(C)C[C@H](N)C(=O)N1CCC(C(=O)Nc2ccc(Cl)cn2)CC1. The van der Waals surface area contributed by atoms with Gasteiger partial charge in [-0.1, -0.05) is 25.4 Å². The van der Waals surface area contributed by atoms with Crippen molar-refractivity contribution in [3.05, 3.63) is 23.4 Å². The Kier molecular flexibility index (Phi) is 6.57. The third-order valence-electron chi connectivity index (χ3n) is 4.20. The molecule has 1 atom stereocenters. The number of aromatic nitrogens is 1. The van der Waals surface area contributed by atoms with Crippen molar-refractivity contribution >= 4 is 29.2 Å². The lowest BCUT2D eigenvalue weighted by Gasteiger charge is -2.33. The zero-order valence-electron chi connectivity index (χ0n) is 14.2. The first kappa shape index (κ1) is 18.7. The van der Waals surface area contributed by atoms with Crippen molar-refractivity contribution in [2.24, 2.45) is 17.6 Å². The van der Waals surface area contributed by atoms with Gasteiger partial charge in [0.15, 0.2) is 0 Å². The minimum Gasteiger partial charge on any atom is -0.341 e. The molecule has 2 heterocycles. The normalized spacial score (nSPS) is 17.0. The lowest BCUT2D eigenvalue weighted by atomic mass is 9.94. The van der Waals surface area contributed by atoms with Gasteiger partial charge in [-0.15, -0.1) is 0 Å². The van der Waals surface area contributed by atoms with Crippen LogP contribution >= 0.6 is 11.6 Å². The van der Waals surface area contributed by atoms with Gasteiger partial charge >= 0.3 is 0 Å². The van der Waals surface area contributed by atoms with Crippen molar-refractivity contribution < 1.29 is 9.59 Å². The van der Waals surface area contributed by atoms with Gasteiger partial charge in [0, 0.05) is 25.2 Å². The van der Waals surface area contributed by atoms with E-state index in [-0.39, 0.29) is 17.7 Å². The van der Waals surface area contributed by atoms with E-state index in [0.717, 1.165) is 0 Å². The molecule has 2 rings (SSSR count). The molecule has 1 saturated heterocycles. The quantitative estimate of drug-likeness (QED) is 0.850. The number of rotatable bonds is 5. The molecule has 0 radical (unpaired) electrons. The number of piperidine rings is 1. The molecular weight excluding hydrogens is 328 g/mol. The summed E-state index contributed by atoms with van der Waals surface area (Å²) in [5.41, 5.74) is 5.97. The van der Waals surface area contributed by atoms with Crippen LogP contribution in [0.5, 0.6) is 0 Å². The average molecular weight is 353 g/mol. The summed E-state index contributed by atoms with van der Waals surface area (Å²) in [5, 5.41) is 3.32. The summed E-state index contributed by atoms with van der Waals surface area (Å²) in [6, 6.07) is 2.90. The van der Waals surface area contributed by atoms with Gasteiger partial charge in [0.1, 0.15) is 5.82 Å². The van der Waals surface area contributed by atoms with Crippen molar-refractivity contribution in [3.63, 3.8) is 0 Å². The highest BCUT2D eigenvalue weighted by molar-refractivity contribution is 6.30. The van der Waals surface area contributed by atoms with Crippen molar-refractivity contribution in [2.45, 2.75) is 39.2 Å². The molecule has 1 aliphatic heterocycles. The van der Waals surface area contributed by atoms with Crippen LogP contribution in [-0.4, -0.2) is 40.8 Å². The molecule has 0 aliphatic carbocycles. The Balaban J connectivity index is 1.82. The van der Waals surface area contributed by atoms with Gasteiger partial charge in [-0.2, -0.15) is 0 Å². The number of halogens is 1. The number of pyridine rings is 1. The smallest absolute Gasteiger partial charge is 0.239 e. The molecule has 7 heteroatoms. The molecule has 1 aliphatic rings. The number of nitrogens with zero attached hydrogens (tertiary/aromatic N) is 2. The van der Waals surface area contributed by atoms with Gasteiger partial charge in [-0.05, 0) is 37.3 Å². The topological polar surface area (TPSA) is 88.3 Å². The van der Waals surface area contributed by atoms with Gasteiger partial charge in [0.05, 0.1) is 11.1 Å². The molecule has 6 nitrogen and oxygen atoms in total. The summed E-state index contributed by atoms with van der Waals surface area (Å²) in [5.74, 6) is 0.680. The Morgan fingerprint density at radius 1 is 1.38 bits per heavy atom. The molecule has 1 aromatic rings. The second-order valence-corrected chi connectivity index (χ2v) is 7.12. The van der Waals surface area contributed by atoms with Crippen LogP contribution in [0, 0.1) is 11.8 Å². The summed E-state index contributed by atoms with van der Waals surface area (Å²) in [6.45, 7) is 5.23. The lowest BCUT2D eigenvalue weighted by molar-refractivity contribution is -0.136. The summed E-state index contributed by atoms with van der Waals surface area (Å²) >= 11 is 5.78. The Morgan fingerprint density at radius 3 is 2.58 bits per heavy atom. The summed E-state index contributed by atoms with van der Waals surface area (Å²) in [6.07, 6.45) is 3.45. The van der Waals surface area contributed by atoms with E-state index in [1.54, 1.807) is 17.0 Å². The number of anilines is 1. The first-order valence-corrected chi connectivity index (χ1v) is 8.71. The van der Waals surface area contributed by atoms with Gasteiger partial charge in [0.2, 0.25) is 11.8 Å². The van der Waals surface area contributed by atoms with Crippen LogP contribution < -0.4 is 11.1 Å². The Bertz CT molecular complexity index is 568. The fourth-order valence-corrected chi connectivity index (χ4v) is 3.00. The third kappa shape index (κ3) is 5.18. The van der Waals surface area contributed by atoms with Crippen molar-refractivity contribution in [1.29, 1.82) is 0 Å². The average Bonchev–Trinajstić information content (AvgIpc) is 2.55.